The molecule has 2 heterocycles. The summed E-state index contributed by atoms with van der Waals surface area (Å²) in [6.45, 7) is -0.489. The first-order valence-electron chi connectivity index (χ1n) is 10.4. The zero-order valence-corrected chi connectivity index (χ0v) is 18.9. The van der Waals surface area contributed by atoms with Gasteiger partial charge >= 0.3 is 5.97 Å². The molecular weight excluding hydrogens is 460 g/mol. The first-order valence-corrected chi connectivity index (χ1v) is 10.7. The Morgan fingerprint density at radius 3 is 2.74 bits per heavy atom. The van der Waals surface area contributed by atoms with E-state index in [0.717, 1.165) is 5.56 Å². The van der Waals surface area contributed by atoms with Gasteiger partial charge in [-0.05, 0) is 53.6 Å². The summed E-state index contributed by atoms with van der Waals surface area (Å²) in [5, 5.41) is 16.0. The molecule has 1 N–H and O–H groups in total. The molecule has 0 fully saturated rings. The molecule has 0 saturated carbocycles. The second-order valence-corrected chi connectivity index (χ2v) is 7.84. The van der Waals surface area contributed by atoms with Crippen LogP contribution in [-0.2, 0) is 14.3 Å². The number of benzene rings is 2. The third-order valence-electron chi connectivity index (χ3n) is 5.17. The topological polar surface area (TPSA) is 102 Å². The van der Waals surface area contributed by atoms with Crippen molar-refractivity contribution >= 4 is 35.3 Å². The lowest BCUT2D eigenvalue weighted by atomic mass is 10.0. The highest BCUT2D eigenvalue weighted by molar-refractivity contribution is 6.30. The Hall–Kier alpha value is -4.04. The van der Waals surface area contributed by atoms with Gasteiger partial charge in [-0.3, -0.25) is 4.79 Å². The quantitative estimate of drug-likeness (QED) is 0.392. The van der Waals surface area contributed by atoms with Gasteiger partial charge in [0.15, 0.2) is 18.1 Å². The van der Waals surface area contributed by atoms with Crippen molar-refractivity contribution < 1.29 is 28.6 Å². The minimum atomic E-state index is -0.698. The number of furan rings is 1. The fraction of sp³-hybridized carbons (Fsp3) is 0.160. The first-order chi connectivity index (χ1) is 16.4. The average molecular weight is 481 g/mol. The molecule has 1 amide bonds. The summed E-state index contributed by atoms with van der Waals surface area (Å²) in [6.07, 6.45) is 4.65. The Labute approximate surface area is 200 Å². The molecule has 0 bridgehead atoms. The van der Waals surface area contributed by atoms with Crippen molar-refractivity contribution in [1.29, 1.82) is 0 Å². The minimum absolute atomic E-state index is 0.0110. The fourth-order valence-electron chi connectivity index (χ4n) is 3.47. The van der Waals surface area contributed by atoms with E-state index >= 15 is 0 Å². The molecule has 8 nitrogen and oxygen atoms in total. The van der Waals surface area contributed by atoms with Crippen LogP contribution in [-0.4, -0.2) is 41.4 Å². The van der Waals surface area contributed by atoms with E-state index in [0.29, 0.717) is 28.5 Å². The van der Waals surface area contributed by atoms with Crippen LogP contribution in [0.4, 0.5) is 0 Å². The number of hydrogen-bond donors (Lipinski definition) is 1. The molecule has 0 aliphatic carbocycles. The van der Waals surface area contributed by atoms with Gasteiger partial charge in [0.25, 0.3) is 5.91 Å². The van der Waals surface area contributed by atoms with E-state index in [1.54, 1.807) is 36.4 Å². The van der Waals surface area contributed by atoms with Crippen molar-refractivity contribution in [2.45, 2.75) is 12.5 Å². The number of amides is 1. The van der Waals surface area contributed by atoms with Crippen LogP contribution in [0.3, 0.4) is 0 Å². The van der Waals surface area contributed by atoms with E-state index < -0.39 is 24.5 Å². The normalized spacial score (nSPS) is 15.4. The van der Waals surface area contributed by atoms with E-state index in [9.17, 15) is 14.7 Å². The first kappa shape index (κ1) is 23.1. The van der Waals surface area contributed by atoms with Gasteiger partial charge < -0.3 is 19.0 Å². The summed E-state index contributed by atoms with van der Waals surface area (Å²) in [6, 6.07) is 14.8. The molecule has 2 aromatic carbocycles. The molecule has 1 aliphatic heterocycles. The maximum absolute atomic E-state index is 12.9. The molecule has 1 aliphatic rings. The highest BCUT2D eigenvalue weighted by atomic mass is 35.5. The van der Waals surface area contributed by atoms with Crippen LogP contribution in [0.15, 0.2) is 76.5 Å². The molecule has 174 valence electrons. The lowest BCUT2D eigenvalue weighted by molar-refractivity contribution is -0.149. The Balaban J connectivity index is 1.43. The van der Waals surface area contributed by atoms with Gasteiger partial charge in [0, 0.05) is 17.5 Å². The molecule has 0 spiro atoms. The second-order valence-electron chi connectivity index (χ2n) is 7.40. The molecule has 4 rings (SSSR count). The molecule has 0 saturated heterocycles. The van der Waals surface area contributed by atoms with Crippen molar-refractivity contribution in [2.24, 2.45) is 5.10 Å². The van der Waals surface area contributed by atoms with Crippen LogP contribution in [0.5, 0.6) is 11.5 Å². The third kappa shape index (κ3) is 5.29. The van der Waals surface area contributed by atoms with Crippen LogP contribution < -0.4 is 4.74 Å². The molecule has 1 atom stereocenters. The summed E-state index contributed by atoms with van der Waals surface area (Å²) in [7, 11) is 1.43. The van der Waals surface area contributed by atoms with E-state index in [1.165, 1.54) is 36.6 Å². The number of aromatic hydroxyl groups is 1. The van der Waals surface area contributed by atoms with Crippen molar-refractivity contribution in [3.05, 3.63) is 88.8 Å². The zero-order chi connectivity index (χ0) is 24.1. The van der Waals surface area contributed by atoms with E-state index in [4.69, 9.17) is 25.5 Å². The highest BCUT2D eigenvalue weighted by Gasteiger charge is 2.35. The summed E-state index contributed by atoms with van der Waals surface area (Å²) in [4.78, 5) is 25.0. The predicted octanol–water partition coefficient (Wildman–Crippen LogP) is 4.58. The van der Waals surface area contributed by atoms with Crippen LogP contribution in [0.1, 0.15) is 29.3 Å². The van der Waals surface area contributed by atoms with Crippen LogP contribution in [0.25, 0.3) is 6.08 Å². The van der Waals surface area contributed by atoms with E-state index in [-0.39, 0.29) is 11.5 Å². The third-order valence-corrected chi connectivity index (χ3v) is 5.42. The Kier molecular flexibility index (Phi) is 6.98. The zero-order valence-electron chi connectivity index (χ0n) is 18.2. The lowest BCUT2D eigenvalue weighted by Gasteiger charge is -2.19. The minimum Gasteiger partial charge on any atom is -0.504 e. The Bertz CT molecular complexity index is 1230. The van der Waals surface area contributed by atoms with Crippen molar-refractivity contribution in [3.8, 4) is 11.5 Å². The van der Waals surface area contributed by atoms with E-state index in [1.807, 2.05) is 12.1 Å². The number of phenolic OH excluding ortho intramolecular Hbond substituents is 1. The number of halogens is 1. The highest BCUT2D eigenvalue weighted by Crippen LogP contribution is 2.33. The summed E-state index contributed by atoms with van der Waals surface area (Å²) in [5.41, 5.74) is 2.15. The van der Waals surface area contributed by atoms with Gasteiger partial charge in [-0.15, -0.1) is 0 Å². The van der Waals surface area contributed by atoms with Crippen molar-refractivity contribution in [2.75, 3.05) is 13.7 Å². The maximum atomic E-state index is 12.9. The number of hydrazone groups is 1. The Morgan fingerprint density at radius 2 is 2.03 bits per heavy atom. The van der Waals surface area contributed by atoms with E-state index in [2.05, 4.69) is 5.10 Å². The van der Waals surface area contributed by atoms with Gasteiger partial charge in [-0.2, -0.15) is 5.10 Å². The molecule has 0 radical (unpaired) electrons. The largest absolute Gasteiger partial charge is 0.504 e. The van der Waals surface area contributed by atoms with Crippen LogP contribution in [0.2, 0.25) is 5.02 Å². The summed E-state index contributed by atoms with van der Waals surface area (Å²) in [5.74, 6) is -0.343. The smallest absolute Gasteiger partial charge is 0.331 e. The van der Waals surface area contributed by atoms with Gasteiger partial charge in [0.1, 0.15) is 11.8 Å². The molecule has 3 aromatic rings. The monoisotopic (exact) mass is 480 g/mol. The van der Waals surface area contributed by atoms with Gasteiger partial charge in [-0.25, -0.2) is 9.80 Å². The number of ether oxygens (including phenoxy) is 2. The Morgan fingerprint density at radius 1 is 1.24 bits per heavy atom. The SMILES string of the molecule is COc1cc(/C=C/C(=O)OCC(=O)N2N=C(c3ccc(Cl)cc3)CC2c2ccco2)ccc1O. The second kappa shape index (κ2) is 10.3. The molecule has 34 heavy (non-hydrogen) atoms. The fourth-order valence-corrected chi connectivity index (χ4v) is 3.59. The molecule has 1 aromatic heterocycles. The van der Waals surface area contributed by atoms with Gasteiger partial charge in [-0.1, -0.05) is 29.8 Å². The number of hydrogen-bond acceptors (Lipinski definition) is 7. The van der Waals surface area contributed by atoms with Gasteiger partial charge in [0.2, 0.25) is 0 Å². The average Bonchev–Trinajstić information content (AvgIpc) is 3.52. The van der Waals surface area contributed by atoms with Crippen LogP contribution >= 0.6 is 11.6 Å². The predicted molar refractivity (Wildman–Crippen MR) is 126 cm³/mol. The van der Waals surface area contributed by atoms with Crippen molar-refractivity contribution in [1.82, 2.24) is 5.01 Å². The maximum Gasteiger partial charge on any atom is 0.331 e. The molecule has 9 heteroatoms. The molecular formula is C25H21ClN2O6. The number of carbonyl (C=O) groups is 2. The van der Waals surface area contributed by atoms with Gasteiger partial charge in [0.05, 0.1) is 19.1 Å². The number of nitrogens with zero attached hydrogens (tertiary/aromatic N) is 2. The number of rotatable bonds is 7. The number of methoxy groups -OCH3 is 1. The summed E-state index contributed by atoms with van der Waals surface area (Å²) < 4.78 is 15.7. The lowest BCUT2D eigenvalue weighted by Crippen LogP contribution is -2.31. The standard InChI is InChI=1S/C25H21ClN2O6/c1-32-23-13-16(4-10-21(23)29)5-11-25(31)34-15-24(30)28-20(22-3-2-12-33-22)14-19(27-28)17-6-8-18(26)9-7-17/h2-13,20,29H,14-15H2,1H3/b11-5+. The number of esters is 1. The van der Waals surface area contributed by atoms with Crippen LogP contribution in [0, 0.1) is 0 Å². The number of phenols is 1. The molecule has 1 unspecified atom stereocenters. The van der Waals surface area contributed by atoms with Crippen molar-refractivity contribution in [3.63, 3.8) is 0 Å². The number of carbonyl (C=O) groups excluding carboxylic acids is 2. The summed E-state index contributed by atoms with van der Waals surface area (Å²) >= 11 is 5.97.